The zero-order valence-electron chi connectivity index (χ0n) is 11.0. The summed E-state index contributed by atoms with van der Waals surface area (Å²) in [6.45, 7) is 0. The fourth-order valence-electron chi connectivity index (χ4n) is 1.99. The van der Waals surface area contributed by atoms with Gasteiger partial charge in [0.15, 0.2) is 5.82 Å². The van der Waals surface area contributed by atoms with E-state index in [1.165, 1.54) is 6.42 Å². The van der Waals surface area contributed by atoms with Gasteiger partial charge in [-0.25, -0.2) is 4.98 Å². The number of hydrogen-bond acceptors (Lipinski definition) is 4. The third-order valence-electron chi connectivity index (χ3n) is 3.33. The molecule has 0 atom stereocenters. The highest BCUT2D eigenvalue weighted by atomic mass is 16.5. The molecule has 4 heteroatoms. The van der Waals surface area contributed by atoms with Crippen LogP contribution in [0.3, 0.4) is 0 Å². The lowest BCUT2D eigenvalue weighted by atomic mass is 9.96. The Hall–Kier alpha value is -2.10. The first kappa shape index (κ1) is 12.0. The molecule has 0 bridgehead atoms. The molecule has 0 radical (unpaired) electrons. The maximum absolute atomic E-state index is 5.86. The van der Waals surface area contributed by atoms with E-state index in [0.717, 1.165) is 24.2 Å². The Balaban J connectivity index is 1.92. The monoisotopic (exact) mass is 255 g/mol. The molecule has 1 N–H and O–H groups in total. The van der Waals surface area contributed by atoms with Gasteiger partial charge >= 0.3 is 0 Å². The summed E-state index contributed by atoms with van der Waals surface area (Å²) in [5.41, 5.74) is 0.998. The van der Waals surface area contributed by atoms with Crippen LogP contribution in [0, 0.1) is 0 Å². The first-order chi connectivity index (χ1) is 9.35. The normalized spacial score (nSPS) is 14.8. The Morgan fingerprint density at radius 2 is 1.95 bits per heavy atom. The number of aromatic nitrogens is 2. The largest absolute Gasteiger partial charge is 0.474 e. The highest BCUT2D eigenvalue weighted by molar-refractivity contribution is 5.58. The second-order valence-electron chi connectivity index (χ2n) is 4.70. The predicted molar refractivity (Wildman–Crippen MR) is 75.3 cm³/mol. The number of anilines is 1. The summed E-state index contributed by atoms with van der Waals surface area (Å²) < 4.78 is 5.86. The molecule has 1 aromatic heterocycles. The van der Waals surface area contributed by atoms with Crippen molar-refractivity contribution in [3.63, 3.8) is 0 Å². The highest BCUT2D eigenvalue weighted by Gasteiger charge is 2.20. The van der Waals surface area contributed by atoms with E-state index in [1.807, 2.05) is 43.4 Å². The van der Waals surface area contributed by atoms with E-state index >= 15 is 0 Å². The van der Waals surface area contributed by atoms with Crippen LogP contribution in [0.5, 0.6) is 5.88 Å². The first-order valence-electron chi connectivity index (χ1n) is 6.64. The molecule has 1 saturated carbocycles. The van der Waals surface area contributed by atoms with E-state index in [-0.39, 0.29) is 0 Å². The van der Waals surface area contributed by atoms with Crippen molar-refractivity contribution in [2.45, 2.75) is 25.4 Å². The second kappa shape index (κ2) is 5.26. The summed E-state index contributed by atoms with van der Waals surface area (Å²) in [7, 11) is 1.85. The molecule has 1 aromatic carbocycles. The molecule has 0 aliphatic heterocycles. The van der Waals surface area contributed by atoms with Crippen LogP contribution in [0.4, 0.5) is 5.82 Å². The Morgan fingerprint density at radius 1 is 1.16 bits per heavy atom. The summed E-state index contributed by atoms with van der Waals surface area (Å²) in [6.07, 6.45) is 3.82. The Labute approximate surface area is 112 Å². The average Bonchev–Trinajstić information content (AvgIpc) is 2.43. The predicted octanol–water partition coefficient (Wildman–Crippen LogP) is 3.12. The topological polar surface area (TPSA) is 47.0 Å². The van der Waals surface area contributed by atoms with Crippen LogP contribution < -0.4 is 10.1 Å². The molecule has 2 aromatic rings. The molecule has 4 nitrogen and oxygen atoms in total. The molecule has 1 aliphatic carbocycles. The average molecular weight is 255 g/mol. The third kappa shape index (κ3) is 2.67. The van der Waals surface area contributed by atoms with Gasteiger partial charge in [0, 0.05) is 18.7 Å². The van der Waals surface area contributed by atoms with Gasteiger partial charge in [0.25, 0.3) is 0 Å². The fraction of sp³-hybridized carbons (Fsp3) is 0.333. The molecular weight excluding hydrogens is 238 g/mol. The molecule has 0 saturated heterocycles. The van der Waals surface area contributed by atoms with Gasteiger partial charge in [0.1, 0.15) is 11.9 Å². The summed E-state index contributed by atoms with van der Waals surface area (Å²) in [4.78, 5) is 8.97. The minimum Gasteiger partial charge on any atom is -0.474 e. The number of benzene rings is 1. The van der Waals surface area contributed by atoms with Crippen LogP contribution in [-0.4, -0.2) is 23.1 Å². The van der Waals surface area contributed by atoms with Crippen molar-refractivity contribution < 1.29 is 4.74 Å². The van der Waals surface area contributed by atoms with Gasteiger partial charge < -0.3 is 10.1 Å². The molecule has 19 heavy (non-hydrogen) atoms. The van der Waals surface area contributed by atoms with E-state index in [9.17, 15) is 0 Å². The smallest absolute Gasteiger partial charge is 0.219 e. The number of nitrogens with one attached hydrogen (secondary N) is 1. The summed E-state index contributed by atoms with van der Waals surface area (Å²) in [5, 5.41) is 3.06. The lowest BCUT2D eigenvalue weighted by Crippen LogP contribution is -2.25. The number of rotatable bonds is 4. The lowest BCUT2D eigenvalue weighted by Gasteiger charge is -2.25. The Bertz CT molecular complexity index is 553. The Kier molecular flexibility index (Phi) is 3.31. The van der Waals surface area contributed by atoms with Crippen molar-refractivity contribution in [2.24, 2.45) is 0 Å². The van der Waals surface area contributed by atoms with Crippen molar-refractivity contribution in [3.8, 4) is 17.3 Å². The van der Waals surface area contributed by atoms with E-state index in [4.69, 9.17) is 4.74 Å². The molecule has 1 aliphatic rings. The van der Waals surface area contributed by atoms with Crippen LogP contribution in [0.1, 0.15) is 19.3 Å². The van der Waals surface area contributed by atoms with Crippen LogP contribution in [0.2, 0.25) is 0 Å². The molecule has 98 valence electrons. The van der Waals surface area contributed by atoms with Crippen LogP contribution in [0.25, 0.3) is 11.4 Å². The molecule has 0 unspecified atom stereocenters. The number of ether oxygens (including phenoxy) is 1. The van der Waals surface area contributed by atoms with E-state index < -0.39 is 0 Å². The molecule has 1 fully saturated rings. The lowest BCUT2D eigenvalue weighted by molar-refractivity contribution is 0.115. The first-order valence-corrected chi connectivity index (χ1v) is 6.64. The summed E-state index contributed by atoms with van der Waals surface area (Å²) in [5.74, 6) is 2.13. The van der Waals surface area contributed by atoms with Gasteiger partial charge in [-0.05, 0) is 19.3 Å². The number of hydrogen-bond donors (Lipinski definition) is 1. The van der Waals surface area contributed by atoms with Crippen molar-refractivity contribution in [1.82, 2.24) is 9.97 Å². The van der Waals surface area contributed by atoms with Gasteiger partial charge in [0.2, 0.25) is 5.88 Å². The van der Waals surface area contributed by atoms with E-state index in [2.05, 4.69) is 15.3 Å². The zero-order valence-corrected chi connectivity index (χ0v) is 11.0. The zero-order chi connectivity index (χ0) is 13.1. The van der Waals surface area contributed by atoms with Crippen molar-refractivity contribution >= 4 is 5.82 Å². The quantitative estimate of drug-likeness (QED) is 0.911. The van der Waals surface area contributed by atoms with E-state index in [1.54, 1.807) is 0 Å². The SMILES string of the molecule is CNc1cc(OC2CCC2)nc(-c2ccccc2)n1. The summed E-state index contributed by atoms with van der Waals surface area (Å²) in [6, 6.07) is 11.8. The van der Waals surface area contributed by atoms with Gasteiger partial charge in [-0.2, -0.15) is 4.98 Å². The highest BCUT2D eigenvalue weighted by Crippen LogP contribution is 2.27. The van der Waals surface area contributed by atoms with Crippen LogP contribution in [0.15, 0.2) is 36.4 Å². The van der Waals surface area contributed by atoms with Gasteiger partial charge in [-0.3, -0.25) is 0 Å². The van der Waals surface area contributed by atoms with E-state index in [0.29, 0.717) is 17.8 Å². The maximum atomic E-state index is 5.86. The summed E-state index contributed by atoms with van der Waals surface area (Å²) >= 11 is 0. The van der Waals surface area contributed by atoms with Gasteiger partial charge in [0.05, 0.1) is 0 Å². The van der Waals surface area contributed by atoms with Crippen molar-refractivity contribution in [1.29, 1.82) is 0 Å². The van der Waals surface area contributed by atoms with Crippen LogP contribution in [-0.2, 0) is 0 Å². The third-order valence-corrected chi connectivity index (χ3v) is 3.33. The van der Waals surface area contributed by atoms with Crippen LogP contribution >= 0.6 is 0 Å². The minimum atomic E-state index is 0.322. The molecule has 3 rings (SSSR count). The fourth-order valence-corrected chi connectivity index (χ4v) is 1.99. The van der Waals surface area contributed by atoms with Gasteiger partial charge in [-0.1, -0.05) is 30.3 Å². The Morgan fingerprint density at radius 3 is 2.58 bits per heavy atom. The molecule has 0 amide bonds. The number of nitrogens with zero attached hydrogens (tertiary/aromatic N) is 2. The maximum Gasteiger partial charge on any atom is 0.219 e. The van der Waals surface area contributed by atoms with Gasteiger partial charge in [-0.15, -0.1) is 0 Å². The molecule has 0 spiro atoms. The molecule has 1 heterocycles. The minimum absolute atomic E-state index is 0.322. The second-order valence-corrected chi connectivity index (χ2v) is 4.70. The van der Waals surface area contributed by atoms with Crippen molar-refractivity contribution in [3.05, 3.63) is 36.4 Å². The standard InChI is InChI=1S/C15H17N3O/c1-16-13-10-14(19-12-8-5-9-12)18-15(17-13)11-6-3-2-4-7-11/h2-4,6-7,10,12H,5,8-9H2,1H3,(H,16,17,18). The molecular formula is C15H17N3O. The van der Waals surface area contributed by atoms with Crippen molar-refractivity contribution in [2.75, 3.05) is 12.4 Å².